The highest BCUT2D eigenvalue weighted by Crippen LogP contribution is 2.33. The van der Waals surface area contributed by atoms with E-state index in [9.17, 15) is 61.0 Å². The highest BCUT2D eigenvalue weighted by Gasteiger charge is 2.53. The smallest absolute Gasteiger partial charge is 0.220 e. The minimum atomic E-state index is -1.97. The Bertz CT molecular complexity index is 1750. The fourth-order valence-corrected chi connectivity index (χ4v) is 10.6. The van der Waals surface area contributed by atoms with Gasteiger partial charge in [-0.25, -0.2) is 0 Å². The molecule has 0 spiro atoms. The van der Waals surface area contributed by atoms with Crippen LogP contribution < -0.4 is 5.32 Å². The molecule has 3 aliphatic rings. The topological polar surface area (TPSA) is 307 Å². The summed E-state index contributed by atoms with van der Waals surface area (Å²) >= 11 is 0. The van der Waals surface area contributed by atoms with Crippen molar-refractivity contribution in [1.29, 1.82) is 0 Å². The van der Waals surface area contributed by atoms with Crippen LogP contribution in [0.25, 0.3) is 0 Å². The van der Waals surface area contributed by atoms with Crippen molar-refractivity contribution in [2.24, 2.45) is 0 Å². The van der Waals surface area contributed by atoms with Gasteiger partial charge in [0.05, 0.1) is 38.6 Å². The number of unbranched alkanes of at least 4 members (excludes halogenated alkanes) is 21. The number of rotatable bonds is 47. The summed E-state index contributed by atoms with van der Waals surface area (Å²) in [5.41, 5.74) is 0. The Morgan fingerprint density at radius 2 is 0.831 bits per heavy atom. The Morgan fingerprint density at radius 3 is 1.30 bits per heavy atom. The Hall–Kier alpha value is -2.51. The first-order valence-electron chi connectivity index (χ1n) is 32.0. The molecule has 83 heavy (non-hydrogen) atoms. The molecule has 12 N–H and O–H groups in total. The third-order valence-electron chi connectivity index (χ3n) is 15.9. The molecule has 0 aromatic carbocycles. The van der Waals surface area contributed by atoms with Crippen LogP contribution in [0, 0.1) is 0 Å². The van der Waals surface area contributed by atoms with E-state index in [1.807, 2.05) is 0 Å². The molecule has 17 atom stereocenters. The van der Waals surface area contributed by atoms with Crippen LogP contribution in [-0.2, 0) is 33.2 Å². The van der Waals surface area contributed by atoms with E-state index in [1.165, 1.54) is 89.9 Å². The number of hydrogen-bond donors (Lipinski definition) is 12. The Labute approximate surface area is 496 Å². The molecule has 0 aromatic rings. The van der Waals surface area contributed by atoms with E-state index >= 15 is 0 Å². The van der Waals surface area contributed by atoms with Crippen molar-refractivity contribution in [3.8, 4) is 0 Å². The monoisotopic (exact) mass is 1180 g/mol. The molecule has 17 unspecified atom stereocenters. The van der Waals surface area contributed by atoms with Gasteiger partial charge >= 0.3 is 0 Å². The van der Waals surface area contributed by atoms with Crippen LogP contribution >= 0.6 is 0 Å². The number of ether oxygens (including phenoxy) is 6. The van der Waals surface area contributed by atoms with Gasteiger partial charge < -0.3 is 89.9 Å². The molecule has 3 heterocycles. The first-order chi connectivity index (χ1) is 40.3. The molecule has 3 fully saturated rings. The molecule has 3 aliphatic heterocycles. The Balaban J connectivity index is 1.41. The summed E-state index contributed by atoms with van der Waals surface area (Å²) in [5, 5.41) is 120. The van der Waals surface area contributed by atoms with Crippen LogP contribution in [0.1, 0.15) is 206 Å². The molecule has 3 saturated heterocycles. The zero-order chi connectivity index (χ0) is 60.5. The number of amides is 1. The highest BCUT2D eigenvalue weighted by atomic mass is 16.8. The van der Waals surface area contributed by atoms with Gasteiger partial charge in [0.2, 0.25) is 5.91 Å². The van der Waals surface area contributed by atoms with Gasteiger partial charge in [-0.1, -0.05) is 203 Å². The van der Waals surface area contributed by atoms with Crippen LogP contribution in [-0.4, -0.2) is 193 Å². The largest absolute Gasteiger partial charge is 0.394 e. The Morgan fingerprint density at radius 1 is 0.446 bits per heavy atom. The van der Waals surface area contributed by atoms with E-state index in [2.05, 4.69) is 79.9 Å². The summed E-state index contributed by atoms with van der Waals surface area (Å²) in [6.45, 7) is 1.65. The van der Waals surface area contributed by atoms with E-state index in [0.717, 1.165) is 83.5 Å². The van der Waals surface area contributed by atoms with Crippen LogP contribution in [0.15, 0.2) is 60.8 Å². The highest BCUT2D eigenvalue weighted by molar-refractivity contribution is 5.76. The summed E-state index contributed by atoms with van der Waals surface area (Å²) < 4.78 is 34.3. The predicted molar refractivity (Wildman–Crippen MR) is 318 cm³/mol. The van der Waals surface area contributed by atoms with Crippen molar-refractivity contribution in [1.82, 2.24) is 5.32 Å². The molecular formula is C64H113NO18. The standard InChI is InChI=1S/C64H113NO18/c1-3-5-7-9-11-13-15-16-17-18-19-20-21-22-23-24-25-26-27-28-29-30-32-34-36-38-40-42-52(70)65-47(48(69)41-39-37-35-33-31-14-12-10-8-6-4-2)46-78-62-58(76)55(73)60(50(44-67)80-62)83-64-59(77)56(74)61(51(45-68)81-64)82-63-57(75)54(72)53(71)49(43-66)79-63/h5,7,11,13,16-17,19-20,22-23,47-51,53-64,66-69,71-77H,3-4,6,8-10,12,14-15,18,21,24-46H2,1-2H3,(H,65,70)/b7-5-,13-11-,17-16-,20-19-,23-22-. The summed E-state index contributed by atoms with van der Waals surface area (Å²) in [4.78, 5) is 13.4. The van der Waals surface area contributed by atoms with Crippen molar-refractivity contribution in [3.05, 3.63) is 60.8 Å². The minimum Gasteiger partial charge on any atom is -0.394 e. The van der Waals surface area contributed by atoms with E-state index in [0.29, 0.717) is 12.8 Å². The maximum Gasteiger partial charge on any atom is 0.220 e. The molecule has 0 bridgehead atoms. The molecule has 482 valence electrons. The lowest BCUT2D eigenvalue weighted by Gasteiger charge is -2.48. The number of aliphatic hydroxyl groups is 11. The first kappa shape index (κ1) is 74.7. The number of hydrogen-bond acceptors (Lipinski definition) is 18. The maximum atomic E-state index is 13.4. The average molecular weight is 1180 g/mol. The van der Waals surface area contributed by atoms with Gasteiger partial charge in [-0.05, 0) is 57.8 Å². The fraction of sp³-hybridized carbons (Fsp3) is 0.828. The van der Waals surface area contributed by atoms with E-state index < -0.39 is 124 Å². The molecular weight excluding hydrogens is 1070 g/mol. The molecule has 0 saturated carbocycles. The van der Waals surface area contributed by atoms with Gasteiger partial charge in [0.1, 0.15) is 73.2 Å². The third-order valence-corrected chi connectivity index (χ3v) is 15.9. The average Bonchev–Trinajstić information content (AvgIpc) is 3.62. The number of carbonyl (C=O) groups is 1. The number of carbonyl (C=O) groups excluding carboxylic acids is 1. The van der Waals surface area contributed by atoms with Crippen LogP contribution in [0.4, 0.5) is 0 Å². The van der Waals surface area contributed by atoms with Crippen LogP contribution in [0.3, 0.4) is 0 Å². The van der Waals surface area contributed by atoms with Crippen molar-refractivity contribution in [2.75, 3.05) is 26.4 Å². The normalized spacial score (nSPS) is 29.8. The lowest BCUT2D eigenvalue weighted by atomic mass is 9.96. The number of allylic oxidation sites excluding steroid dienone is 10. The quantitative estimate of drug-likeness (QED) is 0.0220. The van der Waals surface area contributed by atoms with Gasteiger partial charge in [-0.3, -0.25) is 4.79 Å². The SMILES string of the molecule is CC/C=C\C/C=C\C/C=C\C/C=C\C/C=C\CCCCCCCCCCCCCC(=O)NC(COC1OC(CO)C(OC2OC(CO)C(OC3OC(CO)C(O)C(O)C3O)C(O)C2O)C(O)C1O)C(O)CCCCCCCCCCCCC. The lowest BCUT2D eigenvalue weighted by Crippen LogP contribution is -2.66. The van der Waals surface area contributed by atoms with Crippen LogP contribution in [0.2, 0.25) is 0 Å². The predicted octanol–water partition coefficient (Wildman–Crippen LogP) is 6.82. The summed E-state index contributed by atoms with van der Waals surface area (Å²) in [5.74, 6) is -0.250. The number of aliphatic hydroxyl groups excluding tert-OH is 11. The minimum absolute atomic E-state index is 0.250. The van der Waals surface area contributed by atoms with Gasteiger partial charge in [-0.2, -0.15) is 0 Å². The molecule has 0 aliphatic carbocycles. The Kier molecular flexibility index (Phi) is 42.0. The molecule has 1 amide bonds. The maximum absolute atomic E-state index is 13.4. The molecule has 19 heteroatoms. The van der Waals surface area contributed by atoms with Crippen molar-refractivity contribution in [3.63, 3.8) is 0 Å². The molecule has 0 radical (unpaired) electrons. The van der Waals surface area contributed by atoms with E-state index in [4.69, 9.17) is 28.4 Å². The third kappa shape index (κ3) is 29.8. The second-order valence-corrected chi connectivity index (χ2v) is 22.8. The van der Waals surface area contributed by atoms with Gasteiger partial charge in [0.15, 0.2) is 18.9 Å². The van der Waals surface area contributed by atoms with E-state index in [1.54, 1.807) is 0 Å². The molecule has 3 rings (SSSR count). The fourth-order valence-electron chi connectivity index (χ4n) is 10.6. The van der Waals surface area contributed by atoms with E-state index in [-0.39, 0.29) is 18.9 Å². The second kappa shape index (κ2) is 46.6. The summed E-state index contributed by atoms with van der Waals surface area (Å²) in [7, 11) is 0. The number of nitrogens with one attached hydrogen (secondary N) is 1. The van der Waals surface area contributed by atoms with Gasteiger partial charge in [-0.15, -0.1) is 0 Å². The zero-order valence-electron chi connectivity index (χ0n) is 50.4. The van der Waals surface area contributed by atoms with Gasteiger partial charge in [0, 0.05) is 6.42 Å². The lowest BCUT2D eigenvalue weighted by molar-refractivity contribution is -0.379. The molecule has 19 nitrogen and oxygen atoms in total. The van der Waals surface area contributed by atoms with Gasteiger partial charge in [0.25, 0.3) is 0 Å². The first-order valence-corrected chi connectivity index (χ1v) is 32.0. The van der Waals surface area contributed by atoms with Crippen molar-refractivity contribution >= 4 is 5.91 Å². The van der Waals surface area contributed by atoms with Crippen molar-refractivity contribution in [2.45, 2.75) is 311 Å². The second-order valence-electron chi connectivity index (χ2n) is 22.8. The molecule has 0 aromatic heterocycles. The van der Waals surface area contributed by atoms with Crippen LogP contribution in [0.5, 0.6) is 0 Å². The van der Waals surface area contributed by atoms with Crippen molar-refractivity contribution < 1.29 is 89.4 Å². The summed E-state index contributed by atoms with van der Waals surface area (Å²) in [6.07, 6.45) is 27.4. The zero-order valence-corrected chi connectivity index (χ0v) is 50.4. The summed E-state index contributed by atoms with van der Waals surface area (Å²) in [6, 6.07) is -0.890.